The van der Waals surface area contributed by atoms with Crippen LogP contribution in [-0.4, -0.2) is 10.7 Å². The zero-order chi connectivity index (χ0) is 19.3. The van der Waals surface area contributed by atoms with Crippen LogP contribution in [0.25, 0.3) is 0 Å². The molecule has 0 aromatic heterocycles. The molecular formula is C22H15Cl2FN2O. The van der Waals surface area contributed by atoms with Crippen molar-refractivity contribution in [3.63, 3.8) is 0 Å². The summed E-state index contributed by atoms with van der Waals surface area (Å²) in [6.07, 6.45) is 0.217. The molecule has 0 N–H and O–H groups in total. The number of hydrazone groups is 1. The highest BCUT2D eigenvalue weighted by molar-refractivity contribution is 6.31. The second-order valence-corrected chi connectivity index (χ2v) is 7.67. The molecule has 0 aliphatic carbocycles. The molecule has 28 heavy (non-hydrogen) atoms. The van der Waals surface area contributed by atoms with Gasteiger partial charge in [0, 0.05) is 27.6 Å². The molecule has 6 heteroatoms. The van der Waals surface area contributed by atoms with Crippen LogP contribution in [0.15, 0.2) is 71.8 Å². The zero-order valence-electron chi connectivity index (χ0n) is 14.6. The molecule has 0 saturated carbocycles. The number of ether oxygens (including phenoxy) is 1. The predicted octanol–water partition coefficient (Wildman–Crippen LogP) is 6.37. The fraction of sp³-hybridized carbons (Fsp3) is 0.136. The Hall–Kier alpha value is -2.56. The molecule has 3 aromatic carbocycles. The molecule has 2 aliphatic rings. The van der Waals surface area contributed by atoms with Crippen LogP contribution in [0, 0.1) is 5.82 Å². The highest BCUT2D eigenvalue weighted by atomic mass is 35.5. The lowest BCUT2D eigenvalue weighted by atomic mass is 9.96. The monoisotopic (exact) mass is 412 g/mol. The van der Waals surface area contributed by atoms with Gasteiger partial charge in [-0.1, -0.05) is 53.5 Å². The maximum Gasteiger partial charge on any atom is 0.215 e. The number of nitrogens with zero attached hydrogens (tertiary/aromatic N) is 2. The van der Waals surface area contributed by atoms with Gasteiger partial charge in [-0.25, -0.2) is 9.40 Å². The number of rotatable bonds is 2. The summed E-state index contributed by atoms with van der Waals surface area (Å²) in [7, 11) is 0. The van der Waals surface area contributed by atoms with Gasteiger partial charge in [0.25, 0.3) is 0 Å². The van der Waals surface area contributed by atoms with Crippen LogP contribution in [0.5, 0.6) is 5.75 Å². The van der Waals surface area contributed by atoms with Gasteiger partial charge in [0.15, 0.2) is 0 Å². The average molecular weight is 413 g/mol. The molecule has 0 saturated heterocycles. The van der Waals surface area contributed by atoms with Gasteiger partial charge in [0.2, 0.25) is 6.23 Å². The SMILES string of the molecule is Fc1ccc(C2=NN3[C@H](C2)c2cc(Cl)ccc2O[C@H]3c2ccccc2Cl)cc1. The van der Waals surface area contributed by atoms with E-state index in [1.807, 2.05) is 47.5 Å². The lowest BCUT2D eigenvalue weighted by molar-refractivity contribution is -0.0189. The summed E-state index contributed by atoms with van der Waals surface area (Å²) in [6, 6.07) is 19.6. The molecule has 2 aliphatic heterocycles. The molecular weight excluding hydrogens is 398 g/mol. The Balaban J connectivity index is 1.62. The maximum absolute atomic E-state index is 13.3. The molecule has 0 bridgehead atoms. The minimum atomic E-state index is -0.453. The van der Waals surface area contributed by atoms with Crippen molar-refractivity contribution in [3.8, 4) is 5.75 Å². The first-order valence-electron chi connectivity index (χ1n) is 8.92. The summed E-state index contributed by atoms with van der Waals surface area (Å²) in [5.41, 5.74) is 3.59. The Morgan fingerprint density at radius 3 is 2.54 bits per heavy atom. The molecule has 5 rings (SSSR count). The van der Waals surface area contributed by atoms with E-state index in [0.29, 0.717) is 16.5 Å². The summed E-state index contributed by atoms with van der Waals surface area (Å²) in [5, 5.41) is 8.03. The van der Waals surface area contributed by atoms with Crippen molar-refractivity contribution in [1.82, 2.24) is 5.01 Å². The summed E-state index contributed by atoms with van der Waals surface area (Å²) < 4.78 is 19.6. The summed E-state index contributed by atoms with van der Waals surface area (Å²) in [4.78, 5) is 0. The zero-order valence-corrected chi connectivity index (χ0v) is 16.2. The number of halogens is 3. The van der Waals surface area contributed by atoms with Crippen molar-refractivity contribution in [2.45, 2.75) is 18.7 Å². The highest BCUT2D eigenvalue weighted by Crippen LogP contribution is 2.49. The largest absolute Gasteiger partial charge is 0.464 e. The Bertz CT molecular complexity index is 1080. The van der Waals surface area contributed by atoms with Crippen LogP contribution < -0.4 is 4.74 Å². The van der Waals surface area contributed by atoms with E-state index in [4.69, 9.17) is 33.0 Å². The Morgan fingerprint density at radius 2 is 1.75 bits per heavy atom. The molecule has 0 radical (unpaired) electrons. The van der Waals surface area contributed by atoms with Crippen LogP contribution >= 0.6 is 23.2 Å². The summed E-state index contributed by atoms with van der Waals surface area (Å²) in [5.74, 6) is 0.501. The van der Waals surface area contributed by atoms with Gasteiger partial charge in [-0.3, -0.25) is 0 Å². The van der Waals surface area contributed by atoms with Crippen molar-refractivity contribution >= 4 is 28.9 Å². The first kappa shape index (κ1) is 17.5. The normalized spacial score (nSPS) is 20.2. The van der Waals surface area contributed by atoms with Gasteiger partial charge in [-0.2, -0.15) is 5.10 Å². The second kappa shape index (κ2) is 6.80. The standard InChI is InChI=1S/C22H15Cl2FN2O/c23-14-7-10-21-17(11-14)20-12-19(13-5-8-15(25)9-6-13)26-27(20)22(28-21)16-3-1-2-4-18(16)24/h1-11,20,22H,12H2/t20-,22+/m1/s1. The van der Waals surface area contributed by atoms with E-state index in [1.54, 1.807) is 12.1 Å². The van der Waals surface area contributed by atoms with Crippen LogP contribution in [0.3, 0.4) is 0 Å². The average Bonchev–Trinajstić information content (AvgIpc) is 3.14. The molecule has 2 heterocycles. The number of hydrogen-bond donors (Lipinski definition) is 0. The van der Waals surface area contributed by atoms with E-state index < -0.39 is 6.23 Å². The van der Waals surface area contributed by atoms with E-state index in [1.165, 1.54) is 12.1 Å². The molecule has 3 aromatic rings. The first-order chi connectivity index (χ1) is 13.6. The molecule has 140 valence electrons. The van der Waals surface area contributed by atoms with Gasteiger partial charge in [0.05, 0.1) is 11.8 Å². The van der Waals surface area contributed by atoms with Gasteiger partial charge in [0.1, 0.15) is 11.6 Å². The quantitative estimate of drug-likeness (QED) is 0.487. The highest BCUT2D eigenvalue weighted by Gasteiger charge is 2.41. The van der Waals surface area contributed by atoms with Gasteiger partial charge in [-0.15, -0.1) is 0 Å². The van der Waals surface area contributed by atoms with E-state index in [-0.39, 0.29) is 11.9 Å². The number of benzene rings is 3. The number of hydrogen-bond acceptors (Lipinski definition) is 3. The van der Waals surface area contributed by atoms with E-state index >= 15 is 0 Å². The van der Waals surface area contributed by atoms with E-state index in [9.17, 15) is 4.39 Å². The predicted molar refractivity (Wildman–Crippen MR) is 108 cm³/mol. The van der Waals surface area contributed by atoms with E-state index in [0.717, 1.165) is 28.2 Å². The number of fused-ring (bicyclic) bond motifs is 3. The Kier molecular flexibility index (Phi) is 4.26. The van der Waals surface area contributed by atoms with Crippen LogP contribution in [0.4, 0.5) is 4.39 Å². The van der Waals surface area contributed by atoms with Gasteiger partial charge < -0.3 is 4.74 Å². The van der Waals surface area contributed by atoms with Crippen molar-refractivity contribution in [2.24, 2.45) is 5.10 Å². The third-order valence-corrected chi connectivity index (χ3v) is 5.68. The van der Waals surface area contributed by atoms with Gasteiger partial charge >= 0.3 is 0 Å². The lowest BCUT2D eigenvalue weighted by Gasteiger charge is -2.38. The fourth-order valence-corrected chi connectivity index (χ4v) is 4.17. The topological polar surface area (TPSA) is 24.8 Å². The lowest BCUT2D eigenvalue weighted by Crippen LogP contribution is -2.33. The Labute approximate surface area is 172 Å². The van der Waals surface area contributed by atoms with E-state index in [2.05, 4.69) is 0 Å². The van der Waals surface area contributed by atoms with Crippen molar-refractivity contribution in [3.05, 3.63) is 99.3 Å². The Morgan fingerprint density at radius 1 is 0.964 bits per heavy atom. The molecule has 0 spiro atoms. The van der Waals surface area contributed by atoms with Crippen LogP contribution in [-0.2, 0) is 0 Å². The molecule has 0 unspecified atom stereocenters. The van der Waals surface area contributed by atoms with Crippen LogP contribution in [0.2, 0.25) is 10.0 Å². The fourth-order valence-electron chi connectivity index (χ4n) is 3.76. The second-order valence-electron chi connectivity index (χ2n) is 6.83. The first-order valence-corrected chi connectivity index (χ1v) is 9.68. The van der Waals surface area contributed by atoms with Crippen molar-refractivity contribution in [1.29, 1.82) is 0 Å². The molecule has 2 atom stereocenters. The molecule has 3 nitrogen and oxygen atoms in total. The minimum absolute atomic E-state index is 0.0382. The third kappa shape index (κ3) is 2.93. The van der Waals surface area contributed by atoms with Crippen LogP contribution in [0.1, 0.15) is 35.4 Å². The maximum atomic E-state index is 13.3. The summed E-state index contributed by atoms with van der Waals surface area (Å²) >= 11 is 12.7. The van der Waals surface area contributed by atoms with Crippen molar-refractivity contribution in [2.75, 3.05) is 0 Å². The van der Waals surface area contributed by atoms with Gasteiger partial charge in [-0.05, 0) is 42.0 Å². The summed E-state index contributed by atoms with van der Waals surface area (Å²) in [6.45, 7) is 0. The molecule has 0 fully saturated rings. The smallest absolute Gasteiger partial charge is 0.215 e. The molecule has 0 amide bonds. The third-order valence-electron chi connectivity index (χ3n) is 5.10. The van der Waals surface area contributed by atoms with Crippen molar-refractivity contribution < 1.29 is 9.13 Å². The minimum Gasteiger partial charge on any atom is -0.464 e.